The summed E-state index contributed by atoms with van der Waals surface area (Å²) in [7, 11) is 0. The highest BCUT2D eigenvalue weighted by Gasteiger charge is 2.23. The predicted molar refractivity (Wildman–Crippen MR) is 65.2 cm³/mol. The van der Waals surface area contributed by atoms with Crippen molar-refractivity contribution in [2.24, 2.45) is 0 Å². The van der Waals surface area contributed by atoms with Crippen LogP contribution in [0.5, 0.6) is 0 Å². The number of ether oxygens (including phenoxy) is 2. The Morgan fingerprint density at radius 3 is 2.25 bits per heavy atom. The van der Waals surface area contributed by atoms with Crippen molar-refractivity contribution in [3.63, 3.8) is 0 Å². The van der Waals surface area contributed by atoms with Gasteiger partial charge in [-0.25, -0.2) is 4.79 Å². The molecular formula is C13H22O3. The first kappa shape index (κ1) is 14.9. The van der Waals surface area contributed by atoms with Gasteiger partial charge in [-0.3, -0.25) is 0 Å². The van der Waals surface area contributed by atoms with E-state index in [9.17, 15) is 4.79 Å². The van der Waals surface area contributed by atoms with E-state index in [1.54, 1.807) is 6.08 Å². The Morgan fingerprint density at radius 2 is 1.81 bits per heavy atom. The largest absolute Gasteiger partial charge is 0.456 e. The molecule has 16 heavy (non-hydrogen) atoms. The van der Waals surface area contributed by atoms with Crippen LogP contribution in [0.3, 0.4) is 0 Å². The molecule has 0 aliphatic rings. The second kappa shape index (κ2) is 5.85. The zero-order valence-corrected chi connectivity index (χ0v) is 10.7. The Bertz CT molecular complexity index is 264. The van der Waals surface area contributed by atoms with Crippen LogP contribution in [0.4, 0.5) is 0 Å². The van der Waals surface area contributed by atoms with Crippen LogP contribution in [0.2, 0.25) is 0 Å². The van der Waals surface area contributed by atoms with Gasteiger partial charge in [0, 0.05) is 12.5 Å². The van der Waals surface area contributed by atoms with Gasteiger partial charge < -0.3 is 9.47 Å². The van der Waals surface area contributed by atoms with E-state index in [1.807, 2.05) is 27.7 Å². The van der Waals surface area contributed by atoms with Crippen molar-refractivity contribution in [1.82, 2.24) is 0 Å². The highest BCUT2D eigenvalue weighted by atomic mass is 16.6. The number of carbonyl (C=O) groups excluding carboxylic acids is 1. The summed E-state index contributed by atoms with van der Waals surface area (Å²) in [6, 6.07) is 0. The minimum atomic E-state index is -0.539. The van der Waals surface area contributed by atoms with Crippen molar-refractivity contribution < 1.29 is 14.3 Å². The standard InChI is InChI=1S/C13H22O3/c1-7-11(14)16-13(5,6)9-10-15-12(3,4)8-2/h7-8H,1-2,9-10H2,3-6H3. The van der Waals surface area contributed by atoms with Crippen molar-refractivity contribution in [3.8, 4) is 0 Å². The Hall–Kier alpha value is -1.09. The van der Waals surface area contributed by atoms with Crippen molar-refractivity contribution >= 4 is 5.97 Å². The van der Waals surface area contributed by atoms with Crippen LogP contribution in [-0.4, -0.2) is 23.8 Å². The summed E-state index contributed by atoms with van der Waals surface area (Å²) in [4.78, 5) is 11.0. The molecule has 0 atom stereocenters. The van der Waals surface area contributed by atoms with Crippen LogP contribution in [0.15, 0.2) is 25.3 Å². The molecule has 0 amide bonds. The van der Waals surface area contributed by atoms with Gasteiger partial charge in [0.25, 0.3) is 0 Å². The van der Waals surface area contributed by atoms with Crippen LogP contribution in [-0.2, 0) is 14.3 Å². The summed E-state index contributed by atoms with van der Waals surface area (Å²) in [6.07, 6.45) is 3.54. The minimum Gasteiger partial charge on any atom is -0.456 e. The SMILES string of the molecule is C=CC(=O)OC(C)(C)CCOC(C)(C)C=C. The van der Waals surface area contributed by atoms with E-state index >= 15 is 0 Å². The second-order valence-corrected chi connectivity index (χ2v) is 4.79. The highest BCUT2D eigenvalue weighted by Crippen LogP contribution is 2.18. The van der Waals surface area contributed by atoms with E-state index in [1.165, 1.54) is 0 Å². The average molecular weight is 226 g/mol. The van der Waals surface area contributed by atoms with E-state index in [4.69, 9.17) is 9.47 Å². The molecule has 0 aromatic heterocycles. The molecule has 0 aliphatic heterocycles. The fraction of sp³-hybridized carbons (Fsp3) is 0.615. The van der Waals surface area contributed by atoms with Gasteiger partial charge in [-0.15, -0.1) is 6.58 Å². The molecule has 0 aromatic carbocycles. The molecule has 0 saturated heterocycles. The smallest absolute Gasteiger partial charge is 0.330 e. The zero-order valence-electron chi connectivity index (χ0n) is 10.7. The maximum atomic E-state index is 11.0. The van der Waals surface area contributed by atoms with E-state index in [0.717, 1.165) is 6.08 Å². The third-order valence-electron chi connectivity index (χ3n) is 2.21. The summed E-state index contributed by atoms with van der Waals surface area (Å²) < 4.78 is 10.8. The lowest BCUT2D eigenvalue weighted by atomic mass is 10.1. The average Bonchev–Trinajstić information content (AvgIpc) is 2.16. The fourth-order valence-electron chi connectivity index (χ4n) is 0.984. The monoisotopic (exact) mass is 226 g/mol. The van der Waals surface area contributed by atoms with E-state index < -0.39 is 11.6 Å². The molecule has 0 unspecified atom stereocenters. The summed E-state index contributed by atoms with van der Waals surface area (Å²) in [6.45, 7) is 15.1. The van der Waals surface area contributed by atoms with Crippen LogP contribution >= 0.6 is 0 Å². The van der Waals surface area contributed by atoms with Crippen LogP contribution in [0.1, 0.15) is 34.1 Å². The van der Waals surface area contributed by atoms with Crippen LogP contribution in [0, 0.1) is 0 Å². The maximum Gasteiger partial charge on any atom is 0.330 e. The molecule has 0 fully saturated rings. The number of esters is 1. The fourth-order valence-corrected chi connectivity index (χ4v) is 0.984. The summed E-state index contributed by atoms with van der Waals surface area (Å²) in [5.41, 5.74) is -0.888. The first-order chi connectivity index (χ1) is 7.22. The van der Waals surface area contributed by atoms with Crippen LogP contribution < -0.4 is 0 Å². The molecule has 0 aliphatic carbocycles. The normalized spacial score (nSPS) is 12.0. The lowest BCUT2D eigenvalue weighted by Gasteiger charge is -2.27. The number of hydrogen-bond acceptors (Lipinski definition) is 3. The molecule has 0 spiro atoms. The van der Waals surface area contributed by atoms with E-state index in [0.29, 0.717) is 13.0 Å². The van der Waals surface area contributed by atoms with Crippen molar-refractivity contribution in [2.45, 2.75) is 45.3 Å². The van der Waals surface area contributed by atoms with Gasteiger partial charge >= 0.3 is 5.97 Å². The zero-order chi connectivity index (χ0) is 12.8. The first-order valence-corrected chi connectivity index (χ1v) is 5.35. The maximum absolute atomic E-state index is 11.0. The highest BCUT2D eigenvalue weighted by molar-refractivity contribution is 5.81. The molecule has 92 valence electrons. The lowest BCUT2D eigenvalue weighted by molar-refractivity contribution is -0.152. The van der Waals surface area contributed by atoms with Crippen molar-refractivity contribution in [1.29, 1.82) is 0 Å². The molecule has 0 radical (unpaired) electrons. The molecule has 0 N–H and O–H groups in total. The summed E-state index contributed by atoms with van der Waals surface area (Å²) >= 11 is 0. The first-order valence-electron chi connectivity index (χ1n) is 5.35. The third-order valence-corrected chi connectivity index (χ3v) is 2.21. The van der Waals surface area contributed by atoms with Gasteiger partial charge in [-0.2, -0.15) is 0 Å². The van der Waals surface area contributed by atoms with Gasteiger partial charge in [0.15, 0.2) is 0 Å². The van der Waals surface area contributed by atoms with Gasteiger partial charge in [-0.1, -0.05) is 12.7 Å². The number of rotatable bonds is 7. The predicted octanol–water partition coefficient (Wildman–Crippen LogP) is 2.87. The Morgan fingerprint density at radius 1 is 1.25 bits per heavy atom. The van der Waals surface area contributed by atoms with Gasteiger partial charge in [0.05, 0.1) is 12.2 Å². The topological polar surface area (TPSA) is 35.5 Å². The molecule has 0 aromatic rings. The van der Waals surface area contributed by atoms with E-state index in [2.05, 4.69) is 13.2 Å². The lowest BCUT2D eigenvalue weighted by Crippen LogP contribution is -2.31. The molecule has 0 bridgehead atoms. The second-order valence-electron chi connectivity index (χ2n) is 4.79. The van der Waals surface area contributed by atoms with Gasteiger partial charge in [0.2, 0.25) is 0 Å². The van der Waals surface area contributed by atoms with E-state index in [-0.39, 0.29) is 5.60 Å². The Labute approximate surface area is 98.1 Å². The molecule has 0 heterocycles. The van der Waals surface area contributed by atoms with Gasteiger partial charge in [0.1, 0.15) is 5.60 Å². The van der Waals surface area contributed by atoms with Crippen molar-refractivity contribution in [3.05, 3.63) is 25.3 Å². The quantitative estimate of drug-likeness (QED) is 0.380. The molecule has 0 rings (SSSR count). The Balaban J connectivity index is 4.04. The van der Waals surface area contributed by atoms with Crippen molar-refractivity contribution in [2.75, 3.05) is 6.61 Å². The molecule has 3 heteroatoms. The molecule has 0 saturated carbocycles. The summed E-state index contributed by atoms with van der Waals surface area (Å²) in [5, 5.41) is 0. The third kappa shape index (κ3) is 6.40. The minimum absolute atomic E-state index is 0.349. The summed E-state index contributed by atoms with van der Waals surface area (Å²) in [5.74, 6) is -0.409. The van der Waals surface area contributed by atoms with Gasteiger partial charge in [-0.05, 0) is 27.7 Å². The van der Waals surface area contributed by atoms with Crippen LogP contribution in [0.25, 0.3) is 0 Å². The number of hydrogen-bond donors (Lipinski definition) is 0. The number of carbonyl (C=O) groups is 1. The molecule has 3 nitrogen and oxygen atoms in total. The molecular weight excluding hydrogens is 204 g/mol. The Kier molecular flexibility index (Phi) is 5.45.